The van der Waals surface area contributed by atoms with Crippen LogP contribution in [0.2, 0.25) is 0 Å². The van der Waals surface area contributed by atoms with Crippen molar-refractivity contribution in [2.75, 3.05) is 0 Å². The topological polar surface area (TPSA) is 123 Å². The Morgan fingerprint density at radius 2 is 1.17 bits per heavy atom. The van der Waals surface area contributed by atoms with Gasteiger partial charge in [0.2, 0.25) is 0 Å². The Morgan fingerprint density at radius 3 is 1.53 bits per heavy atom. The van der Waals surface area contributed by atoms with E-state index in [0.717, 1.165) is 0 Å². The van der Waals surface area contributed by atoms with Crippen LogP contribution < -0.4 is 4.74 Å². The van der Waals surface area contributed by atoms with Gasteiger partial charge in [0, 0.05) is 28.1 Å². The summed E-state index contributed by atoms with van der Waals surface area (Å²) < 4.78 is 6.03. The molecule has 0 aliphatic heterocycles. The number of aryl methyl sites for hydroxylation is 2. The zero-order chi connectivity index (χ0) is 20.7. The van der Waals surface area contributed by atoms with Crippen molar-refractivity contribution in [2.24, 2.45) is 0 Å². The lowest BCUT2D eigenvalue weighted by molar-refractivity contribution is 0.468. The molecule has 2 N–H and O–H groups in total. The van der Waals surface area contributed by atoms with Crippen LogP contribution in [-0.4, -0.2) is 37.5 Å². The molecule has 2 heterocycles. The second kappa shape index (κ2) is 7.89. The molecule has 0 aliphatic carbocycles. The molecular formula is C22H14AlN4O3. The third-order valence-corrected chi connectivity index (χ3v) is 4.68. The number of nitrogens with zero attached hydrogens (tertiary/aromatic N) is 4. The summed E-state index contributed by atoms with van der Waals surface area (Å²) in [6.07, 6.45) is 0. The zero-order valence-electron chi connectivity index (χ0n) is 16.1. The summed E-state index contributed by atoms with van der Waals surface area (Å²) in [5.74, 6) is 0.739. The SMILES string of the molecule is Cc1nc2c(O)ccc(C#N)c2cc1Oc1cc2c(C#N)ccc(O)c2nc1C.[Al]. The van der Waals surface area contributed by atoms with Gasteiger partial charge in [-0.1, -0.05) is 0 Å². The molecule has 0 spiro atoms. The lowest BCUT2D eigenvalue weighted by Crippen LogP contribution is -1.97. The predicted molar refractivity (Wildman–Crippen MR) is 112 cm³/mol. The minimum absolute atomic E-state index is 0. The third kappa shape index (κ3) is 3.36. The number of hydrogen-bond donors (Lipinski definition) is 2. The van der Waals surface area contributed by atoms with Crippen LogP contribution in [0.4, 0.5) is 0 Å². The average Bonchev–Trinajstić information content (AvgIpc) is 2.71. The molecule has 143 valence electrons. The molecule has 2 aromatic carbocycles. The van der Waals surface area contributed by atoms with E-state index in [1.807, 2.05) is 0 Å². The van der Waals surface area contributed by atoms with Crippen molar-refractivity contribution in [1.82, 2.24) is 9.97 Å². The van der Waals surface area contributed by atoms with Crippen LogP contribution in [-0.2, 0) is 0 Å². The van der Waals surface area contributed by atoms with Crippen molar-refractivity contribution in [1.29, 1.82) is 10.5 Å². The molecule has 4 rings (SSSR count). The van der Waals surface area contributed by atoms with Gasteiger partial charge in [0.15, 0.2) is 0 Å². The summed E-state index contributed by atoms with van der Waals surface area (Å²) >= 11 is 0. The van der Waals surface area contributed by atoms with E-state index in [2.05, 4.69) is 22.1 Å². The largest absolute Gasteiger partial charge is 0.506 e. The summed E-state index contributed by atoms with van der Waals surface area (Å²) in [4.78, 5) is 8.76. The number of rotatable bonds is 2. The molecule has 30 heavy (non-hydrogen) atoms. The lowest BCUT2D eigenvalue weighted by Gasteiger charge is -2.14. The van der Waals surface area contributed by atoms with Gasteiger partial charge in [-0.2, -0.15) is 10.5 Å². The molecule has 0 amide bonds. The van der Waals surface area contributed by atoms with Crippen molar-refractivity contribution < 1.29 is 14.9 Å². The molecule has 0 fully saturated rings. The van der Waals surface area contributed by atoms with E-state index in [1.165, 1.54) is 24.3 Å². The standard InChI is InChI=1S/C22H14N4O3.Al/c1-11-19(7-15-13(9-23)3-5-17(27)21(15)25-11)29-20-8-16-14(10-24)4-6-18(28)22(16)26-12(20)2;/h3-8,27-28H,1-2H3;. The summed E-state index contributed by atoms with van der Waals surface area (Å²) in [7, 11) is 0. The normalized spacial score (nSPS) is 10.3. The molecule has 0 atom stereocenters. The number of nitriles is 2. The number of aromatic hydroxyl groups is 2. The van der Waals surface area contributed by atoms with Crippen molar-refractivity contribution in [3.05, 3.63) is 58.9 Å². The van der Waals surface area contributed by atoms with Gasteiger partial charge >= 0.3 is 0 Å². The Labute approximate surface area is 182 Å². The second-order valence-electron chi connectivity index (χ2n) is 6.53. The van der Waals surface area contributed by atoms with Gasteiger partial charge in [-0.3, -0.25) is 0 Å². The predicted octanol–water partition coefficient (Wildman–Crippen LogP) is 3.97. The highest BCUT2D eigenvalue weighted by Crippen LogP contribution is 2.36. The number of fused-ring (bicyclic) bond motifs is 2. The van der Waals surface area contributed by atoms with Crippen LogP contribution in [0.15, 0.2) is 36.4 Å². The van der Waals surface area contributed by atoms with Gasteiger partial charge in [-0.05, 0) is 50.2 Å². The summed E-state index contributed by atoms with van der Waals surface area (Å²) in [5, 5.41) is 39.8. The highest BCUT2D eigenvalue weighted by molar-refractivity contribution is 5.92. The molecule has 3 radical (unpaired) electrons. The highest BCUT2D eigenvalue weighted by atomic mass is 27.0. The number of pyridine rings is 2. The Hall–Kier alpha value is -3.83. The van der Waals surface area contributed by atoms with Crippen LogP contribution in [0.3, 0.4) is 0 Å². The smallest absolute Gasteiger partial charge is 0.149 e. The number of phenols is 2. The van der Waals surface area contributed by atoms with Crippen molar-refractivity contribution in [3.63, 3.8) is 0 Å². The molecular weight excluding hydrogens is 395 g/mol. The van der Waals surface area contributed by atoms with Gasteiger partial charge < -0.3 is 14.9 Å². The van der Waals surface area contributed by atoms with Gasteiger partial charge in [0.1, 0.15) is 34.0 Å². The first-order valence-corrected chi connectivity index (χ1v) is 8.67. The fourth-order valence-electron chi connectivity index (χ4n) is 3.16. The molecule has 2 aromatic heterocycles. The number of hydrogen-bond acceptors (Lipinski definition) is 7. The molecule has 0 aliphatic rings. The zero-order valence-corrected chi connectivity index (χ0v) is 17.3. The Bertz CT molecular complexity index is 1300. The fraction of sp³-hybridized carbons (Fsp3) is 0.0909. The summed E-state index contributed by atoms with van der Waals surface area (Å²) in [5.41, 5.74) is 2.39. The average molecular weight is 409 g/mol. The fourth-order valence-corrected chi connectivity index (χ4v) is 3.16. The van der Waals surface area contributed by atoms with E-state index in [9.17, 15) is 20.7 Å². The summed E-state index contributed by atoms with van der Waals surface area (Å²) in [6.45, 7) is 3.45. The van der Waals surface area contributed by atoms with E-state index in [4.69, 9.17) is 4.74 Å². The summed E-state index contributed by atoms with van der Waals surface area (Å²) in [6, 6.07) is 13.4. The first-order chi connectivity index (χ1) is 13.9. The Balaban J connectivity index is 0.00000256. The molecule has 0 bridgehead atoms. The van der Waals surface area contributed by atoms with Crippen LogP contribution in [0, 0.1) is 36.5 Å². The van der Waals surface area contributed by atoms with E-state index in [1.54, 1.807) is 26.0 Å². The van der Waals surface area contributed by atoms with Crippen molar-refractivity contribution >= 4 is 39.2 Å². The van der Waals surface area contributed by atoms with E-state index in [-0.39, 0.29) is 28.9 Å². The molecule has 8 heteroatoms. The van der Waals surface area contributed by atoms with Crippen molar-refractivity contribution in [3.8, 4) is 35.1 Å². The second-order valence-corrected chi connectivity index (χ2v) is 6.53. The van der Waals surface area contributed by atoms with Crippen LogP contribution in [0.1, 0.15) is 22.5 Å². The maximum atomic E-state index is 10.1. The maximum absolute atomic E-state index is 10.1. The van der Waals surface area contributed by atoms with E-state index in [0.29, 0.717) is 55.8 Å². The quantitative estimate of drug-likeness (QED) is 0.480. The maximum Gasteiger partial charge on any atom is 0.149 e. The first kappa shape index (κ1) is 20.9. The van der Waals surface area contributed by atoms with Gasteiger partial charge in [-0.15, -0.1) is 0 Å². The monoisotopic (exact) mass is 409 g/mol. The molecule has 4 aromatic rings. The van der Waals surface area contributed by atoms with Crippen molar-refractivity contribution in [2.45, 2.75) is 13.8 Å². The van der Waals surface area contributed by atoms with Gasteiger partial charge in [-0.25, -0.2) is 9.97 Å². The van der Waals surface area contributed by atoms with E-state index < -0.39 is 0 Å². The van der Waals surface area contributed by atoms with Gasteiger partial charge in [0.05, 0.1) is 34.7 Å². The molecule has 0 saturated heterocycles. The number of benzene rings is 2. The third-order valence-electron chi connectivity index (χ3n) is 4.68. The van der Waals surface area contributed by atoms with Crippen LogP contribution >= 0.6 is 0 Å². The first-order valence-electron chi connectivity index (χ1n) is 8.67. The Kier molecular flexibility index (Phi) is 5.50. The number of ether oxygens (including phenoxy) is 1. The molecule has 0 saturated carbocycles. The number of phenolic OH excluding ortho intramolecular Hbond substituents is 2. The van der Waals surface area contributed by atoms with E-state index >= 15 is 0 Å². The highest BCUT2D eigenvalue weighted by Gasteiger charge is 2.15. The van der Waals surface area contributed by atoms with Gasteiger partial charge in [0.25, 0.3) is 0 Å². The van der Waals surface area contributed by atoms with Crippen LogP contribution in [0.25, 0.3) is 21.8 Å². The molecule has 7 nitrogen and oxygen atoms in total. The Morgan fingerprint density at radius 1 is 0.767 bits per heavy atom. The lowest BCUT2D eigenvalue weighted by atomic mass is 10.1. The minimum Gasteiger partial charge on any atom is -0.506 e. The van der Waals surface area contributed by atoms with Crippen LogP contribution in [0.5, 0.6) is 23.0 Å². The number of aromatic nitrogens is 2. The minimum atomic E-state index is -0.0219. The molecule has 0 unspecified atom stereocenters.